The first-order valence-electron chi connectivity index (χ1n) is 9.41. The van der Waals surface area contributed by atoms with Crippen LogP contribution in [-0.2, 0) is 16.6 Å². The van der Waals surface area contributed by atoms with Gasteiger partial charge < -0.3 is 10.1 Å². The summed E-state index contributed by atoms with van der Waals surface area (Å²) in [6.07, 6.45) is -1.05. The zero-order valence-corrected chi connectivity index (χ0v) is 16.5. The number of hydrogen-bond acceptors (Lipinski definition) is 5. The largest absolute Gasteiger partial charge is 0.448 e. The molecule has 0 saturated carbocycles. The predicted octanol–water partition coefficient (Wildman–Crippen LogP) is 3.27. The molecule has 1 atom stereocenters. The van der Waals surface area contributed by atoms with Crippen molar-refractivity contribution < 1.29 is 14.3 Å². The van der Waals surface area contributed by atoms with Crippen molar-refractivity contribution in [3.63, 3.8) is 0 Å². The van der Waals surface area contributed by atoms with E-state index in [1.54, 1.807) is 30.3 Å². The van der Waals surface area contributed by atoms with E-state index in [1.165, 1.54) is 14.0 Å². The number of fused-ring (bicyclic) bond motifs is 2. The van der Waals surface area contributed by atoms with Crippen molar-refractivity contribution in [1.82, 2.24) is 9.78 Å². The molecule has 4 aromatic rings. The molecule has 1 aromatic heterocycles. The number of carbonyl (C=O) groups is 2. The lowest BCUT2D eigenvalue weighted by atomic mass is 10.1. The number of carbonyl (C=O) groups excluding carboxylic acids is 2. The molecule has 150 valence electrons. The third-order valence-electron chi connectivity index (χ3n) is 4.82. The van der Waals surface area contributed by atoms with E-state index in [-0.39, 0.29) is 11.3 Å². The van der Waals surface area contributed by atoms with Gasteiger partial charge in [0.2, 0.25) is 0 Å². The summed E-state index contributed by atoms with van der Waals surface area (Å²) >= 11 is 0. The zero-order chi connectivity index (χ0) is 21.3. The highest BCUT2D eigenvalue weighted by molar-refractivity contribution is 6.04. The van der Waals surface area contributed by atoms with Crippen LogP contribution in [0.5, 0.6) is 0 Å². The summed E-state index contributed by atoms with van der Waals surface area (Å²) in [7, 11) is 1.46. The molecular formula is C23H19N3O4. The van der Waals surface area contributed by atoms with E-state index in [9.17, 15) is 14.4 Å². The number of hydrogen-bond donors (Lipinski definition) is 1. The Morgan fingerprint density at radius 1 is 0.967 bits per heavy atom. The van der Waals surface area contributed by atoms with Crippen LogP contribution in [0.3, 0.4) is 0 Å². The van der Waals surface area contributed by atoms with Crippen LogP contribution in [-0.4, -0.2) is 27.8 Å². The number of aromatic nitrogens is 2. The molecule has 0 spiro atoms. The number of amides is 1. The van der Waals surface area contributed by atoms with Crippen LogP contribution >= 0.6 is 0 Å². The lowest BCUT2D eigenvalue weighted by Gasteiger charge is -2.14. The van der Waals surface area contributed by atoms with E-state index < -0.39 is 18.0 Å². The minimum Gasteiger partial charge on any atom is -0.448 e. The number of nitrogens with one attached hydrogen (secondary N) is 1. The van der Waals surface area contributed by atoms with E-state index in [2.05, 4.69) is 10.4 Å². The number of benzene rings is 3. The van der Waals surface area contributed by atoms with Gasteiger partial charge in [0.1, 0.15) is 0 Å². The van der Waals surface area contributed by atoms with Gasteiger partial charge >= 0.3 is 5.97 Å². The number of aryl methyl sites for hydroxylation is 1. The van der Waals surface area contributed by atoms with Gasteiger partial charge in [0.05, 0.1) is 5.39 Å². The molecule has 1 amide bonds. The number of esters is 1. The summed E-state index contributed by atoms with van der Waals surface area (Å²) in [6.45, 7) is 1.48. The number of rotatable bonds is 4. The second-order valence-corrected chi connectivity index (χ2v) is 6.92. The maximum absolute atomic E-state index is 12.7. The Morgan fingerprint density at radius 3 is 2.40 bits per heavy atom. The van der Waals surface area contributed by atoms with E-state index in [0.29, 0.717) is 16.5 Å². The fourth-order valence-corrected chi connectivity index (χ4v) is 3.23. The van der Waals surface area contributed by atoms with Gasteiger partial charge in [-0.3, -0.25) is 9.59 Å². The van der Waals surface area contributed by atoms with Crippen LogP contribution < -0.4 is 10.9 Å². The Labute approximate surface area is 171 Å². The highest BCUT2D eigenvalue weighted by atomic mass is 16.5. The lowest BCUT2D eigenvalue weighted by Crippen LogP contribution is -2.31. The standard InChI is InChI=1S/C23H19N3O4/c1-14(21(27)24-17-12-11-15-7-3-4-8-16(15)13-17)30-23(29)20-18-9-5-6-10-19(18)22(28)26(2)25-20/h3-14H,1-2H3,(H,24,27)/t14-/m0/s1. The first-order valence-corrected chi connectivity index (χ1v) is 9.41. The molecule has 0 aliphatic rings. The second kappa shape index (κ2) is 7.79. The van der Waals surface area contributed by atoms with Crippen molar-refractivity contribution in [2.45, 2.75) is 13.0 Å². The molecule has 3 aromatic carbocycles. The van der Waals surface area contributed by atoms with Crippen LogP contribution in [0, 0.1) is 0 Å². The minimum absolute atomic E-state index is 0.0157. The first-order chi connectivity index (χ1) is 14.4. The molecular weight excluding hydrogens is 382 g/mol. The zero-order valence-electron chi connectivity index (χ0n) is 16.5. The predicted molar refractivity (Wildman–Crippen MR) is 114 cm³/mol. The van der Waals surface area contributed by atoms with Crippen LogP contribution in [0.25, 0.3) is 21.5 Å². The van der Waals surface area contributed by atoms with Gasteiger partial charge in [-0.15, -0.1) is 0 Å². The summed E-state index contributed by atoms with van der Waals surface area (Å²) in [4.78, 5) is 37.4. The van der Waals surface area contributed by atoms with Crippen molar-refractivity contribution in [3.05, 3.63) is 82.8 Å². The molecule has 0 radical (unpaired) electrons. The van der Waals surface area contributed by atoms with E-state index in [4.69, 9.17) is 4.74 Å². The summed E-state index contributed by atoms with van der Waals surface area (Å²) < 4.78 is 6.41. The Morgan fingerprint density at radius 2 is 1.63 bits per heavy atom. The average Bonchev–Trinajstić information content (AvgIpc) is 2.76. The van der Waals surface area contributed by atoms with Crippen molar-refractivity contribution in [2.75, 3.05) is 5.32 Å². The average molecular weight is 401 g/mol. The maximum atomic E-state index is 12.7. The van der Waals surface area contributed by atoms with Gasteiger partial charge in [0, 0.05) is 18.1 Å². The van der Waals surface area contributed by atoms with Crippen molar-refractivity contribution in [3.8, 4) is 0 Å². The van der Waals surface area contributed by atoms with Crippen molar-refractivity contribution >= 4 is 39.1 Å². The smallest absolute Gasteiger partial charge is 0.360 e. The Hall–Kier alpha value is -4.00. The van der Waals surface area contributed by atoms with Crippen LogP contribution in [0.15, 0.2) is 71.5 Å². The first kappa shape index (κ1) is 19.3. The number of ether oxygens (including phenoxy) is 1. The van der Waals surface area contributed by atoms with Crippen LogP contribution in [0.1, 0.15) is 17.4 Å². The monoisotopic (exact) mass is 401 g/mol. The van der Waals surface area contributed by atoms with E-state index in [0.717, 1.165) is 15.5 Å². The van der Waals surface area contributed by atoms with Gasteiger partial charge in [-0.1, -0.05) is 48.5 Å². The Balaban J connectivity index is 1.53. The molecule has 7 heteroatoms. The third kappa shape index (κ3) is 3.65. The van der Waals surface area contributed by atoms with Crippen molar-refractivity contribution in [1.29, 1.82) is 0 Å². The van der Waals surface area contributed by atoms with Gasteiger partial charge in [0.15, 0.2) is 11.8 Å². The SMILES string of the molecule is C[C@H](OC(=O)c1nn(C)c(=O)c2ccccc12)C(=O)Nc1ccc2ccccc2c1. The summed E-state index contributed by atoms with van der Waals surface area (Å²) in [5.74, 6) is -1.24. The molecule has 1 heterocycles. The number of anilines is 1. The summed E-state index contributed by atoms with van der Waals surface area (Å²) in [5, 5.41) is 9.57. The molecule has 0 unspecified atom stereocenters. The van der Waals surface area contributed by atoms with Gasteiger partial charge in [-0.25, -0.2) is 9.48 Å². The van der Waals surface area contributed by atoms with Gasteiger partial charge in [-0.2, -0.15) is 5.10 Å². The minimum atomic E-state index is -1.05. The van der Waals surface area contributed by atoms with E-state index >= 15 is 0 Å². The van der Waals surface area contributed by atoms with Crippen LogP contribution in [0.4, 0.5) is 5.69 Å². The fourth-order valence-electron chi connectivity index (χ4n) is 3.23. The van der Waals surface area contributed by atoms with Gasteiger partial charge in [-0.05, 0) is 35.9 Å². The second-order valence-electron chi connectivity index (χ2n) is 6.92. The quantitative estimate of drug-likeness (QED) is 0.530. The molecule has 0 saturated heterocycles. The topological polar surface area (TPSA) is 90.3 Å². The molecule has 0 aliphatic carbocycles. The highest BCUT2D eigenvalue weighted by Gasteiger charge is 2.23. The fraction of sp³-hybridized carbons (Fsp3) is 0.130. The number of nitrogens with zero attached hydrogens (tertiary/aromatic N) is 2. The Bertz CT molecular complexity index is 1340. The Kier molecular flexibility index (Phi) is 5.02. The summed E-state index contributed by atoms with van der Waals surface area (Å²) in [5.41, 5.74) is 0.273. The molecule has 0 aliphatic heterocycles. The normalized spacial score (nSPS) is 11.9. The molecule has 7 nitrogen and oxygen atoms in total. The molecule has 4 rings (SSSR count). The molecule has 0 fully saturated rings. The van der Waals surface area contributed by atoms with Gasteiger partial charge in [0.25, 0.3) is 11.5 Å². The highest BCUT2D eigenvalue weighted by Crippen LogP contribution is 2.19. The van der Waals surface area contributed by atoms with Crippen molar-refractivity contribution in [2.24, 2.45) is 7.05 Å². The van der Waals surface area contributed by atoms with E-state index in [1.807, 2.05) is 36.4 Å². The maximum Gasteiger partial charge on any atom is 0.360 e. The molecule has 1 N–H and O–H groups in total. The van der Waals surface area contributed by atoms with Crippen LogP contribution in [0.2, 0.25) is 0 Å². The third-order valence-corrected chi connectivity index (χ3v) is 4.82. The lowest BCUT2D eigenvalue weighted by molar-refractivity contribution is -0.123. The molecule has 30 heavy (non-hydrogen) atoms. The summed E-state index contributed by atoms with van der Waals surface area (Å²) in [6, 6.07) is 20.0. The molecule has 0 bridgehead atoms.